The van der Waals surface area contributed by atoms with Gasteiger partial charge in [-0.1, -0.05) is 66.7 Å². The van der Waals surface area contributed by atoms with E-state index in [9.17, 15) is 33.9 Å². The van der Waals surface area contributed by atoms with Gasteiger partial charge in [0.05, 0.1) is 13.0 Å². The molecule has 0 unspecified atom stereocenters. The number of esters is 1. The highest BCUT2D eigenvalue weighted by atomic mass is 16.6. The number of carbonyl (C=O) groups excluding carboxylic acids is 5. The zero-order valence-corrected chi connectivity index (χ0v) is 31.8. The van der Waals surface area contributed by atoms with Gasteiger partial charge in [-0.05, 0) is 69.4 Å². The molecule has 56 heavy (non-hydrogen) atoms. The highest BCUT2D eigenvalue weighted by Gasteiger charge is 2.32. The van der Waals surface area contributed by atoms with Gasteiger partial charge in [-0.2, -0.15) is 0 Å². The zero-order chi connectivity index (χ0) is 40.5. The van der Waals surface area contributed by atoms with E-state index >= 15 is 0 Å². The van der Waals surface area contributed by atoms with Crippen molar-refractivity contribution in [3.05, 3.63) is 102 Å². The van der Waals surface area contributed by atoms with Gasteiger partial charge in [0.1, 0.15) is 23.7 Å². The minimum atomic E-state index is -1.56. The van der Waals surface area contributed by atoms with Gasteiger partial charge >= 0.3 is 24.1 Å². The van der Waals surface area contributed by atoms with Crippen LogP contribution < -0.4 is 26.6 Å². The van der Waals surface area contributed by atoms with Crippen LogP contribution in [0.5, 0.6) is 0 Å². The molecule has 0 spiro atoms. The molecule has 298 valence electrons. The van der Waals surface area contributed by atoms with Crippen molar-refractivity contribution in [1.82, 2.24) is 26.3 Å². The van der Waals surface area contributed by atoms with Crippen molar-refractivity contribution in [1.29, 1.82) is 0 Å². The largest absolute Gasteiger partial charge is 0.481 e. The Morgan fingerprint density at radius 1 is 0.768 bits per heavy atom. The summed E-state index contributed by atoms with van der Waals surface area (Å²) < 4.78 is 10.8. The molecule has 15 nitrogen and oxygen atoms in total. The highest BCUT2D eigenvalue weighted by Crippen LogP contribution is 2.20. The normalized spacial score (nSPS) is 12.7. The number of rotatable bonds is 19. The number of carbonyl (C=O) groups is 6. The molecule has 0 saturated heterocycles. The number of aromatic nitrogens is 1. The number of anilines is 1. The smallest absolute Gasteiger partial charge is 0.408 e. The molecule has 5 amide bonds. The molecule has 7 N–H and O–H groups in total. The maximum Gasteiger partial charge on any atom is 0.408 e. The van der Waals surface area contributed by atoms with Crippen molar-refractivity contribution in [3.8, 4) is 0 Å². The number of nitrogens with one attached hydrogen (secondary N) is 6. The third-order valence-electron chi connectivity index (χ3n) is 8.43. The highest BCUT2D eigenvalue weighted by molar-refractivity contribution is 5.94. The van der Waals surface area contributed by atoms with Crippen molar-refractivity contribution >= 4 is 52.5 Å². The molecule has 3 aromatic carbocycles. The molecule has 15 heteroatoms. The number of amides is 5. The maximum absolute atomic E-state index is 14.0. The zero-order valence-electron chi connectivity index (χ0n) is 31.8. The van der Waals surface area contributed by atoms with Crippen LogP contribution >= 0.6 is 0 Å². The first-order valence-corrected chi connectivity index (χ1v) is 18.4. The number of unbranched alkanes of at least 4 members (excludes halogenated alkanes) is 1. The summed E-state index contributed by atoms with van der Waals surface area (Å²) in [6, 6.07) is 21.1. The third-order valence-corrected chi connectivity index (χ3v) is 8.43. The van der Waals surface area contributed by atoms with Gasteiger partial charge in [0, 0.05) is 42.2 Å². The molecule has 0 fully saturated rings. The number of carboxylic acid groups (broad SMARTS) is 1. The number of carboxylic acids is 1. The minimum Gasteiger partial charge on any atom is -0.481 e. The van der Waals surface area contributed by atoms with E-state index in [4.69, 9.17) is 9.47 Å². The molecule has 0 saturated carbocycles. The van der Waals surface area contributed by atoms with Crippen LogP contribution in [0.4, 0.5) is 15.3 Å². The molecule has 0 aliphatic heterocycles. The number of aromatic amines is 1. The van der Waals surface area contributed by atoms with E-state index in [2.05, 4.69) is 31.6 Å². The number of hydrogen-bond acceptors (Lipinski definition) is 8. The second-order valence-electron chi connectivity index (χ2n) is 14.1. The first-order valence-electron chi connectivity index (χ1n) is 18.4. The lowest BCUT2D eigenvalue weighted by atomic mass is 10.0. The fraction of sp³-hybridized carbons (Fsp3) is 0.366. The van der Waals surface area contributed by atoms with Crippen LogP contribution in [-0.4, -0.2) is 82.8 Å². The Labute approximate surface area is 325 Å². The summed E-state index contributed by atoms with van der Waals surface area (Å²) in [5.74, 6) is -3.85. The molecule has 1 heterocycles. The molecule has 0 aliphatic carbocycles. The van der Waals surface area contributed by atoms with E-state index in [-0.39, 0.29) is 26.0 Å². The predicted octanol–water partition coefficient (Wildman–Crippen LogP) is 4.83. The monoisotopic (exact) mass is 770 g/mol. The molecule has 0 aliphatic rings. The van der Waals surface area contributed by atoms with Crippen molar-refractivity contribution < 1.29 is 43.3 Å². The van der Waals surface area contributed by atoms with Gasteiger partial charge in [-0.15, -0.1) is 0 Å². The van der Waals surface area contributed by atoms with Gasteiger partial charge in [0.25, 0.3) is 0 Å². The first-order chi connectivity index (χ1) is 26.8. The van der Waals surface area contributed by atoms with Crippen LogP contribution in [0.3, 0.4) is 0 Å². The second kappa shape index (κ2) is 20.9. The van der Waals surface area contributed by atoms with Crippen molar-refractivity contribution in [2.24, 2.45) is 0 Å². The number of aliphatic carboxylic acids is 1. The average molecular weight is 771 g/mol. The van der Waals surface area contributed by atoms with Crippen LogP contribution in [0, 0.1) is 0 Å². The summed E-state index contributed by atoms with van der Waals surface area (Å²) in [4.78, 5) is 81.2. The SMILES string of the molecule is CC(C)(C)OC(=O)N[C@@H](Cc1c[nH]c2ccccc12)C(=O)N[C@@H](CCCCNC(=O)Nc1ccccc1)C(=O)N[C@@H](CC(=O)O)C(=O)OCCc1ccccc1. The molecule has 3 atom stereocenters. The summed E-state index contributed by atoms with van der Waals surface area (Å²) in [5.41, 5.74) is 2.19. The van der Waals surface area contributed by atoms with Gasteiger partial charge < -0.3 is 46.1 Å². The average Bonchev–Trinajstić information content (AvgIpc) is 3.56. The van der Waals surface area contributed by atoms with Crippen molar-refractivity contribution in [2.75, 3.05) is 18.5 Å². The first kappa shape index (κ1) is 42.4. The minimum absolute atomic E-state index is 0.0270. The third kappa shape index (κ3) is 14.5. The van der Waals surface area contributed by atoms with Crippen molar-refractivity contribution in [3.63, 3.8) is 0 Å². The summed E-state index contributed by atoms with van der Waals surface area (Å²) in [5, 5.41) is 23.7. The molecule has 4 rings (SSSR count). The lowest BCUT2D eigenvalue weighted by molar-refractivity contribution is -0.152. The van der Waals surface area contributed by atoms with Crippen LogP contribution in [0.25, 0.3) is 10.9 Å². The Morgan fingerprint density at radius 3 is 2.11 bits per heavy atom. The number of benzene rings is 3. The molecule has 0 bridgehead atoms. The Kier molecular flexibility index (Phi) is 15.8. The van der Waals surface area contributed by atoms with E-state index in [1.54, 1.807) is 51.2 Å². The Balaban J connectivity index is 1.48. The van der Waals surface area contributed by atoms with Gasteiger partial charge in [0.15, 0.2) is 0 Å². The lowest BCUT2D eigenvalue weighted by Crippen LogP contribution is -2.56. The lowest BCUT2D eigenvalue weighted by Gasteiger charge is -2.26. The predicted molar refractivity (Wildman–Crippen MR) is 210 cm³/mol. The molecular formula is C41H50N6O9. The van der Waals surface area contributed by atoms with Crippen LogP contribution in [-0.2, 0) is 41.5 Å². The summed E-state index contributed by atoms with van der Waals surface area (Å²) in [6.07, 6.45) is 1.27. The van der Waals surface area contributed by atoms with Crippen LogP contribution in [0.15, 0.2) is 91.1 Å². The molecule has 1 aromatic heterocycles. The number of fused-ring (bicyclic) bond motifs is 1. The Morgan fingerprint density at radius 2 is 1.41 bits per heavy atom. The number of ether oxygens (including phenoxy) is 2. The van der Waals surface area contributed by atoms with E-state index in [1.807, 2.05) is 60.7 Å². The summed E-state index contributed by atoms with van der Waals surface area (Å²) in [7, 11) is 0. The van der Waals surface area contributed by atoms with E-state index in [0.29, 0.717) is 24.9 Å². The van der Waals surface area contributed by atoms with Gasteiger partial charge in [-0.3, -0.25) is 14.4 Å². The number of hydrogen-bond donors (Lipinski definition) is 7. The maximum atomic E-state index is 14.0. The topological polar surface area (TPSA) is 217 Å². The molecule has 4 aromatic rings. The molecule has 0 radical (unpaired) electrons. The van der Waals surface area contributed by atoms with E-state index in [1.165, 1.54) is 0 Å². The molecular weight excluding hydrogens is 720 g/mol. The van der Waals surface area contributed by atoms with E-state index < -0.39 is 66.0 Å². The summed E-state index contributed by atoms with van der Waals surface area (Å²) in [6.45, 7) is 5.23. The number of urea groups is 1. The van der Waals surface area contributed by atoms with Gasteiger partial charge in [0.2, 0.25) is 11.8 Å². The summed E-state index contributed by atoms with van der Waals surface area (Å²) >= 11 is 0. The number of alkyl carbamates (subject to hydrolysis) is 1. The number of para-hydroxylation sites is 2. The Hall–Kier alpha value is -6.38. The standard InChI is InChI=1S/C41H50N6O9/c1-41(2,3)56-40(54)47-33(24-28-26-43-31-19-11-10-18-30(28)31)37(51)45-32(20-12-13-22-42-39(53)44-29-16-8-5-9-17-29)36(50)46-34(25-35(48)49)38(52)55-23-21-27-14-6-4-7-15-27/h4-11,14-19,26,32-34,43H,12-13,20-25H2,1-3H3,(H,45,51)(H,46,50)(H,47,54)(H,48,49)(H2,42,44,53)/t32-,33-,34-/m0/s1. The van der Waals surface area contributed by atoms with Crippen LogP contribution in [0.1, 0.15) is 57.6 Å². The van der Waals surface area contributed by atoms with E-state index in [0.717, 1.165) is 22.0 Å². The second-order valence-corrected chi connectivity index (χ2v) is 14.1. The van der Waals surface area contributed by atoms with Crippen LogP contribution in [0.2, 0.25) is 0 Å². The van der Waals surface area contributed by atoms with Gasteiger partial charge in [-0.25, -0.2) is 14.4 Å². The number of H-pyrrole nitrogens is 1. The quantitative estimate of drug-likeness (QED) is 0.0513. The Bertz CT molecular complexity index is 1930. The van der Waals surface area contributed by atoms with Crippen molar-refractivity contribution in [2.45, 2.75) is 83.0 Å². The fourth-order valence-electron chi connectivity index (χ4n) is 5.75. The fourth-order valence-corrected chi connectivity index (χ4v) is 5.75.